The number of likely N-dealkylation sites (tertiary alicyclic amines) is 1. The van der Waals surface area contributed by atoms with Crippen LogP contribution in [0.15, 0.2) is 11.1 Å². The molecule has 1 atom stereocenters. The third-order valence-corrected chi connectivity index (χ3v) is 7.05. The highest BCUT2D eigenvalue weighted by molar-refractivity contribution is 7.90. The zero-order valence-corrected chi connectivity index (χ0v) is 17.6. The van der Waals surface area contributed by atoms with Gasteiger partial charge in [0, 0.05) is 45.0 Å². The standard InChI is InChI=1S/C19H28N4O5S/c1-29(25,26)16-12-20-19(23-7-10-27-11-8-23)21-17(16)14-2-5-22(6-3-14)18(24)15-4-9-28-13-15/h12,14-15H,2-11,13H2,1H3/t15-/m1/s1. The van der Waals surface area contributed by atoms with Crippen molar-refractivity contribution in [2.24, 2.45) is 5.92 Å². The monoisotopic (exact) mass is 424 g/mol. The van der Waals surface area contributed by atoms with Gasteiger partial charge in [-0.25, -0.2) is 18.4 Å². The van der Waals surface area contributed by atoms with Gasteiger partial charge in [0.15, 0.2) is 9.84 Å². The minimum absolute atomic E-state index is 0.00797. The van der Waals surface area contributed by atoms with Crippen LogP contribution >= 0.6 is 0 Å². The number of sulfone groups is 1. The van der Waals surface area contributed by atoms with Gasteiger partial charge in [0.05, 0.1) is 37.6 Å². The summed E-state index contributed by atoms with van der Waals surface area (Å²) in [5.74, 6) is 0.662. The summed E-state index contributed by atoms with van der Waals surface area (Å²) in [5, 5.41) is 0. The van der Waals surface area contributed by atoms with Crippen LogP contribution in [0.5, 0.6) is 0 Å². The number of nitrogens with zero attached hydrogens (tertiary/aromatic N) is 4. The topological polar surface area (TPSA) is 102 Å². The highest BCUT2D eigenvalue weighted by atomic mass is 32.2. The zero-order chi connectivity index (χ0) is 20.4. The van der Waals surface area contributed by atoms with Crippen LogP contribution in [0.1, 0.15) is 30.9 Å². The smallest absolute Gasteiger partial charge is 0.228 e. The Hall–Kier alpha value is -1.78. The number of piperidine rings is 1. The lowest BCUT2D eigenvalue weighted by Gasteiger charge is -2.34. The van der Waals surface area contributed by atoms with E-state index in [1.807, 2.05) is 9.80 Å². The van der Waals surface area contributed by atoms with Gasteiger partial charge in [-0.1, -0.05) is 0 Å². The number of rotatable bonds is 4. The van der Waals surface area contributed by atoms with Crippen molar-refractivity contribution in [3.05, 3.63) is 11.9 Å². The molecule has 160 valence electrons. The summed E-state index contributed by atoms with van der Waals surface area (Å²) in [7, 11) is -3.44. The molecule has 0 spiro atoms. The number of morpholine rings is 1. The maximum Gasteiger partial charge on any atom is 0.228 e. The van der Waals surface area contributed by atoms with Gasteiger partial charge in [0.1, 0.15) is 4.90 Å². The van der Waals surface area contributed by atoms with E-state index in [2.05, 4.69) is 4.98 Å². The number of carbonyl (C=O) groups is 1. The third-order valence-electron chi connectivity index (χ3n) is 5.94. The molecule has 0 bridgehead atoms. The Balaban J connectivity index is 1.52. The lowest BCUT2D eigenvalue weighted by molar-refractivity contribution is -0.136. The summed E-state index contributed by atoms with van der Waals surface area (Å²) in [6, 6.07) is 0. The van der Waals surface area contributed by atoms with Crippen molar-refractivity contribution in [2.75, 3.05) is 63.8 Å². The van der Waals surface area contributed by atoms with Crippen molar-refractivity contribution in [3.8, 4) is 0 Å². The van der Waals surface area contributed by atoms with Crippen LogP contribution in [0.4, 0.5) is 5.95 Å². The number of aromatic nitrogens is 2. The summed E-state index contributed by atoms with van der Waals surface area (Å²) < 4.78 is 35.4. The predicted octanol–water partition coefficient (Wildman–Crippen LogP) is 0.459. The van der Waals surface area contributed by atoms with Gasteiger partial charge in [-0.3, -0.25) is 4.79 Å². The predicted molar refractivity (Wildman–Crippen MR) is 106 cm³/mol. The van der Waals surface area contributed by atoms with Crippen molar-refractivity contribution in [3.63, 3.8) is 0 Å². The number of hydrogen-bond acceptors (Lipinski definition) is 8. The van der Waals surface area contributed by atoms with E-state index < -0.39 is 9.84 Å². The van der Waals surface area contributed by atoms with Gasteiger partial charge in [0.2, 0.25) is 11.9 Å². The van der Waals surface area contributed by atoms with Gasteiger partial charge in [-0.15, -0.1) is 0 Å². The maximum absolute atomic E-state index is 12.6. The number of anilines is 1. The van der Waals surface area contributed by atoms with Gasteiger partial charge >= 0.3 is 0 Å². The Morgan fingerprint density at radius 2 is 1.79 bits per heavy atom. The van der Waals surface area contributed by atoms with Gasteiger partial charge in [-0.2, -0.15) is 0 Å². The van der Waals surface area contributed by atoms with E-state index in [4.69, 9.17) is 14.5 Å². The van der Waals surface area contributed by atoms with Gasteiger partial charge in [-0.05, 0) is 19.3 Å². The second kappa shape index (κ2) is 8.53. The third kappa shape index (κ3) is 4.54. The molecule has 3 saturated heterocycles. The summed E-state index contributed by atoms with van der Waals surface area (Å²) in [4.78, 5) is 25.8. The minimum atomic E-state index is -3.44. The molecule has 29 heavy (non-hydrogen) atoms. The fraction of sp³-hybridized carbons (Fsp3) is 0.737. The highest BCUT2D eigenvalue weighted by Gasteiger charge is 2.33. The molecule has 4 rings (SSSR count). The van der Waals surface area contributed by atoms with E-state index >= 15 is 0 Å². The molecule has 0 unspecified atom stereocenters. The van der Waals surface area contributed by atoms with Crippen LogP contribution < -0.4 is 4.90 Å². The Bertz CT molecular complexity index is 842. The lowest BCUT2D eigenvalue weighted by Crippen LogP contribution is -2.42. The Kier molecular flexibility index (Phi) is 6.03. The molecule has 0 aliphatic carbocycles. The molecule has 1 amide bonds. The van der Waals surface area contributed by atoms with E-state index in [9.17, 15) is 13.2 Å². The summed E-state index contributed by atoms with van der Waals surface area (Å²) >= 11 is 0. The summed E-state index contributed by atoms with van der Waals surface area (Å²) in [6.45, 7) is 4.97. The van der Waals surface area contributed by atoms with Crippen molar-refractivity contribution in [1.82, 2.24) is 14.9 Å². The van der Waals surface area contributed by atoms with Crippen LogP contribution in [-0.4, -0.2) is 88.1 Å². The molecule has 3 fully saturated rings. The van der Waals surface area contributed by atoms with E-state index in [1.165, 1.54) is 12.5 Å². The first-order valence-corrected chi connectivity index (χ1v) is 12.1. The summed E-state index contributed by atoms with van der Waals surface area (Å²) in [6.07, 6.45) is 4.81. The van der Waals surface area contributed by atoms with Gasteiger partial charge in [0.25, 0.3) is 0 Å². The molecule has 9 nitrogen and oxygen atoms in total. The molecule has 0 aromatic carbocycles. The average molecular weight is 425 g/mol. The number of hydrogen-bond donors (Lipinski definition) is 0. The normalized spacial score (nSPS) is 24.1. The number of amides is 1. The second-order valence-electron chi connectivity index (χ2n) is 7.95. The molecule has 3 aliphatic heterocycles. The molecule has 0 radical (unpaired) electrons. The fourth-order valence-electron chi connectivity index (χ4n) is 4.23. The van der Waals surface area contributed by atoms with Gasteiger partial charge < -0.3 is 19.3 Å². The van der Waals surface area contributed by atoms with E-state index in [0.29, 0.717) is 77.1 Å². The molecular formula is C19H28N4O5S. The van der Waals surface area contributed by atoms with Crippen LogP contribution in [0.3, 0.4) is 0 Å². The van der Waals surface area contributed by atoms with E-state index in [0.717, 1.165) is 6.42 Å². The van der Waals surface area contributed by atoms with E-state index in [1.54, 1.807) is 0 Å². The van der Waals surface area contributed by atoms with Crippen LogP contribution in [0.2, 0.25) is 0 Å². The average Bonchev–Trinajstić information content (AvgIpc) is 3.28. The van der Waals surface area contributed by atoms with E-state index in [-0.39, 0.29) is 22.6 Å². The zero-order valence-electron chi connectivity index (χ0n) is 16.7. The molecule has 1 aromatic heterocycles. The SMILES string of the molecule is CS(=O)(=O)c1cnc(N2CCOCC2)nc1C1CCN(C(=O)[C@@H]2CCOC2)CC1. The Morgan fingerprint density at radius 1 is 1.07 bits per heavy atom. The Morgan fingerprint density at radius 3 is 2.41 bits per heavy atom. The van der Waals surface area contributed by atoms with Crippen molar-refractivity contribution in [2.45, 2.75) is 30.1 Å². The molecule has 0 saturated carbocycles. The molecule has 10 heteroatoms. The largest absolute Gasteiger partial charge is 0.381 e. The first-order chi connectivity index (χ1) is 13.9. The quantitative estimate of drug-likeness (QED) is 0.687. The maximum atomic E-state index is 12.6. The number of ether oxygens (including phenoxy) is 2. The lowest BCUT2D eigenvalue weighted by atomic mass is 9.92. The highest BCUT2D eigenvalue weighted by Crippen LogP contribution is 2.33. The first-order valence-electron chi connectivity index (χ1n) is 10.2. The van der Waals surface area contributed by atoms with Crippen molar-refractivity contribution in [1.29, 1.82) is 0 Å². The molecule has 3 aliphatic rings. The van der Waals surface area contributed by atoms with Crippen LogP contribution in [-0.2, 0) is 24.1 Å². The van der Waals surface area contributed by atoms with Crippen molar-refractivity contribution >= 4 is 21.7 Å². The Labute approximate surface area is 171 Å². The molecule has 1 aromatic rings. The number of carbonyl (C=O) groups excluding carboxylic acids is 1. The van der Waals surface area contributed by atoms with Crippen molar-refractivity contribution < 1.29 is 22.7 Å². The fourth-order valence-corrected chi connectivity index (χ4v) is 5.07. The van der Waals surface area contributed by atoms with Crippen LogP contribution in [0.25, 0.3) is 0 Å². The van der Waals surface area contributed by atoms with Crippen LogP contribution in [0, 0.1) is 5.92 Å². The molecule has 0 N–H and O–H groups in total. The minimum Gasteiger partial charge on any atom is -0.381 e. The molecular weight excluding hydrogens is 396 g/mol. The molecule has 4 heterocycles. The summed E-state index contributed by atoms with van der Waals surface area (Å²) in [5.41, 5.74) is 0.584. The first kappa shape index (κ1) is 20.5. The second-order valence-corrected chi connectivity index (χ2v) is 9.94.